The van der Waals surface area contributed by atoms with Gasteiger partial charge in [0.25, 0.3) is 0 Å². The number of anilines is 2. The van der Waals surface area contributed by atoms with E-state index in [1.807, 2.05) is 19.2 Å². The summed E-state index contributed by atoms with van der Waals surface area (Å²) in [4.78, 5) is 24.8. The summed E-state index contributed by atoms with van der Waals surface area (Å²) in [7, 11) is 1.86. The number of hydrazine groups is 1. The van der Waals surface area contributed by atoms with Gasteiger partial charge in [0.05, 0.1) is 18.5 Å². The maximum atomic E-state index is 12.5. The topological polar surface area (TPSA) is 151 Å². The monoisotopic (exact) mass is 538 g/mol. The van der Waals surface area contributed by atoms with E-state index in [4.69, 9.17) is 0 Å². The normalized spacial score (nSPS) is 19.2. The fraction of sp³-hybridized carbons (Fsp3) is 0.391. The minimum atomic E-state index is -0.202. The number of hydrogen-bond donors (Lipinski definition) is 3. The summed E-state index contributed by atoms with van der Waals surface area (Å²) in [6, 6.07) is 3.50. The largest absolute Gasteiger partial charge is 0.306 e. The molecule has 5 rings (SSSR count). The van der Waals surface area contributed by atoms with Gasteiger partial charge in [-0.05, 0) is 43.5 Å². The van der Waals surface area contributed by atoms with E-state index in [1.165, 1.54) is 22.7 Å². The molecule has 0 spiro atoms. The van der Waals surface area contributed by atoms with Crippen LogP contribution in [0.3, 0.4) is 0 Å². The minimum absolute atomic E-state index is 0.131. The number of amides is 2. The Morgan fingerprint density at radius 3 is 2.30 bits per heavy atom. The van der Waals surface area contributed by atoms with Crippen LogP contribution in [0.1, 0.15) is 59.6 Å². The predicted molar refractivity (Wildman–Crippen MR) is 140 cm³/mol. The Bertz CT molecular complexity index is 1310. The quantitative estimate of drug-likeness (QED) is 0.390. The Kier molecular flexibility index (Phi) is 7.75. The number of hydrogen-bond acceptors (Lipinski definition) is 12. The highest BCUT2D eigenvalue weighted by atomic mass is 32.1. The second-order valence-electron chi connectivity index (χ2n) is 8.82. The average molecular weight is 539 g/mol. The van der Waals surface area contributed by atoms with Gasteiger partial charge in [0.15, 0.2) is 0 Å². The van der Waals surface area contributed by atoms with E-state index in [2.05, 4.69) is 46.7 Å². The molecular weight excluding hydrogens is 512 g/mol. The summed E-state index contributed by atoms with van der Waals surface area (Å²) >= 11 is 2.83. The predicted octanol–water partition coefficient (Wildman–Crippen LogP) is 2.98. The van der Waals surface area contributed by atoms with Crippen molar-refractivity contribution in [1.29, 1.82) is 0 Å². The van der Waals surface area contributed by atoms with Crippen LogP contribution in [0.15, 0.2) is 42.4 Å². The van der Waals surface area contributed by atoms with Crippen molar-refractivity contribution in [3.05, 3.63) is 58.1 Å². The Morgan fingerprint density at radius 2 is 1.68 bits per heavy atom. The number of nitrogens with zero attached hydrogens (tertiary/aromatic N) is 7. The third kappa shape index (κ3) is 6.51. The van der Waals surface area contributed by atoms with Gasteiger partial charge < -0.3 is 16.1 Å². The maximum absolute atomic E-state index is 12.5. The SMILES string of the molecule is CN1NC=CC=C1CC(=O)Nc1nnc([C@H]2CCC[C@H](c3nnc(NC(=O)Cc4cccnn4)s3)C2)s1. The molecule has 2 aliphatic rings. The van der Waals surface area contributed by atoms with Crippen LogP contribution in [0.2, 0.25) is 0 Å². The van der Waals surface area contributed by atoms with Gasteiger partial charge in [-0.15, -0.1) is 20.4 Å². The van der Waals surface area contributed by atoms with E-state index in [-0.39, 0.29) is 36.5 Å². The molecule has 12 nitrogen and oxygen atoms in total. The van der Waals surface area contributed by atoms with Gasteiger partial charge in [-0.1, -0.05) is 29.1 Å². The molecule has 0 unspecified atom stereocenters. The number of aromatic nitrogens is 6. The molecule has 2 amide bonds. The van der Waals surface area contributed by atoms with Crippen molar-refractivity contribution in [2.75, 3.05) is 17.7 Å². The highest BCUT2D eigenvalue weighted by molar-refractivity contribution is 7.15. The fourth-order valence-corrected chi connectivity index (χ4v) is 6.12. The molecule has 2 atom stereocenters. The molecule has 0 aromatic carbocycles. The molecule has 3 N–H and O–H groups in total. The van der Waals surface area contributed by atoms with Crippen LogP contribution in [-0.2, 0) is 16.0 Å². The van der Waals surface area contributed by atoms with Gasteiger partial charge in [0.2, 0.25) is 22.1 Å². The smallest absolute Gasteiger partial charge is 0.232 e. The fourth-order valence-electron chi connectivity index (χ4n) is 4.31. The highest BCUT2D eigenvalue weighted by Gasteiger charge is 2.29. The van der Waals surface area contributed by atoms with Crippen LogP contribution >= 0.6 is 22.7 Å². The first-order chi connectivity index (χ1) is 18.0. The Balaban J connectivity index is 1.15. The number of allylic oxidation sites excluding steroid dienone is 2. The molecule has 14 heteroatoms. The lowest BCUT2D eigenvalue weighted by Crippen LogP contribution is -2.32. The summed E-state index contributed by atoms with van der Waals surface area (Å²) in [5.74, 6) is 0.134. The standard InChI is InChI=1S/C23H26N10O2S2/c1-33-17(8-4-10-25-33)13-19(35)27-23-32-30-21(37-23)15-6-2-5-14(11-15)20-29-31-22(36-20)26-18(34)12-16-7-3-9-24-28-16/h3-4,7-10,14-15,25H,2,5-6,11-13H2,1H3,(H,26,31,34)(H,27,32,35)/t14-,15-/m0/s1. The summed E-state index contributed by atoms with van der Waals surface area (Å²) in [6.45, 7) is 0. The molecule has 1 saturated carbocycles. The van der Waals surface area contributed by atoms with E-state index in [0.717, 1.165) is 41.4 Å². The summed E-state index contributed by atoms with van der Waals surface area (Å²) in [5, 5.41) is 35.1. The number of nitrogens with one attached hydrogen (secondary N) is 3. The molecule has 0 saturated heterocycles. The van der Waals surface area contributed by atoms with Crippen LogP contribution in [0.5, 0.6) is 0 Å². The maximum Gasteiger partial charge on any atom is 0.232 e. The second kappa shape index (κ2) is 11.5. The van der Waals surface area contributed by atoms with Gasteiger partial charge in [-0.3, -0.25) is 14.6 Å². The molecule has 1 aliphatic carbocycles. The molecule has 4 heterocycles. The van der Waals surface area contributed by atoms with Crippen molar-refractivity contribution < 1.29 is 9.59 Å². The van der Waals surface area contributed by atoms with E-state index >= 15 is 0 Å². The summed E-state index contributed by atoms with van der Waals surface area (Å²) in [5.41, 5.74) is 4.49. The molecule has 1 aliphatic heterocycles. The van der Waals surface area contributed by atoms with Gasteiger partial charge in [-0.25, -0.2) is 0 Å². The molecule has 0 bridgehead atoms. The Morgan fingerprint density at radius 1 is 1.00 bits per heavy atom. The zero-order valence-electron chi connectivity index (χ0n) is 20.1. The Labute approximate surface area is 221 Å². The summed E-state index contributed by atoms with van der Waals surface area (Å²) < 4.78 is 0. The van der Waals surface area contributed by atoms with Crippen molar-refractivity contribution in [1.82, 2.24) is 41.0 Å². The summed E-state index contributed by atoms with van der Waals surface area (Å²) in [6.07, 6.45) is 11.4. The number of carbonyl (C=O) groups excluding carboxylic acids is 2. The first kappa shape index (κ1) is 24.9. The lowest BCUT2D eigenvalue weighted by atomic mass is 9.82. The highest BCUT2D eigenvalue weighted by Crippen LogP contribution is 2.43. The molecule has 3 aromatic rings. The van der Waals surface area contributed by atoms with E-state index < -0.39 is 0 Å². The molecule has 1 fully saturated rings. The zero-order valence-corrected chi connectivity index (χ0v) is 21.8. The zero-order chi connectivity index (χ0) is 25.6. The molecule has 0 radical (unpaired) electrons. The average Bonchev–Trinajstić information content (AvgIpc) is 3.56. The lowest BCUT2D eigenvalue weighted by Gasteiger charge is -2.25. The van der Waals surface area contributed by atoms with Crippen LogP contribution in [0, 0.1) is 0 Å². The van der Waals surface area contributed by atoms with Gasteiger partial charge >= 0.3 is 0 Å². The van der Waals surface area contributed by atoms with E-state index in [9.17, 15) is 9.59 Å². The van der Waals surface area contributed by atoms with Gasteiger partial charge in [-0.2, -0.15) is 10.2 Å². The van der Waals surface area contributed by atoms with Crippen molar-refractivity contribution >= 4 is 44.8 Å². The van der Waals surface area contributed by atoms with Gasteiger partial charge in [0, 0.05) is 37.0 Å². The third-order valence-corrected chi connectivity index (χ3v) is 8.14. The van der Waals surface area contributed by atoms with Crippen LogP contribution in [-0.4, -0.2) is 54.5 Å². The molecular formula is C23H26N10O2S2. The minimum Gasteiger partial charge on any atom is -0.306 e. The molecule has 192 valence electrons. The van der Waals surface area contributed by atoms with Gasteiger partial charge in [0.1, 0.15) is 10.0 Å². The lowest BCUT2D eigenvalue weighted by molar-refractivity contribution is -0.116. The van der Waals surface area contributed by atoms with Crippen LogP contribution < -0.4 is 16.1 Å². The third-order valence-electron chi connectivity index (χ3n) is 6.14. The first-order valence-electron chi connectivity index (χ1n) is 11.9. The first-order valence-corrected chi connectivity index (χ1v) is 13.6. The van der Waals surface area contributed by atoms with Crippen molar-refractivity contribution in [2.45, 2.75) is 50.4 Å². The van der Waals surface area contributed by atoms with Crippen molar-refractivity contribution in [3.63, 3.8) is 0 Å². The van der Waals surface area contributed by atoms with E-state index in [1.54, 1.807) is 29.5 Å². The second-order valence-corrected chi connectivity index (χ2v) is 10.8. The van der Waals surface area contributed by atoms with Crippen LogP contribution in [0.4, 0.5) is 10.3 Å². The molecule has 37 heavy (non-hydrogen) atoms. The van der Waals surface area contributed by atoms with Crippen LogP contribution in [0.25, 0.3) is 0 Å². The van der Waals surface area contributed by atoms with E-state index in [0.29, 0.717) is 16.0 Å². The number of carbonyl (C=O) groups is 2. The number of rotatable bonds is 8. The van der Waals surface area contributed by atoms with Crippen molar-refractivity contribution in [3.8, 4) is 0 Å². The van der Waals surface area contributed by atoms with Crippen molar-refractivity contribution in [2.24, 2.45) is 0 Å². The molecule has 3 aromatic heterocycles. The Hall–Kier alpha value is -3.78.